The van der Waals surface area contributed by atoms with E-state index in [4.69, 9.17) is 5.11 Å². The first-order chi connectivity index (χ1) is 9.80. The van der Waals surface area contributed by atoms with Gasteiger partial charge < -0.3 is 5.11 Å². The van der Waals surface area contributed by atoms with Gasteiger partial charge in [0.25, 0.3) is 0 Å². The second-order valence-corrected chi connectivity index (χ2v) is 6.78. The number of sulfonamides is 1. The maximum atomic E-state index is 12.2. The Morgan fingerprint density at radius 3 is 2.57 bits per heavy atom. The van der Waals surface area contributed by atoms with Crippen LogP contribution < -0.4 is 4.72 Å². The van der Waals surface area contributed by atoms with Crippen LogP contribution in [0.4, 0.5) is 0 Å². The van der Waals surface area contributed by atoms with Crippen molar-refractivity contribution in [1.82, 2.24) is 14.5 Å². The molecule has 0 amide bonds. The predicted molar refractivity (Wildman–Crippen MR) is 78.3 cm³/mol. The summed E-state index contributed by atoms with van der Waals surface area (Å²) < 4.78 is 28.5. The van der Waals surface area contributed by atoms with E-state index >= 15 is 0 Å². The molecule has 7 nitrogen and oxygen atoms in total. The van der Waals surface area contributed by atoms with Crippen molar-refractivity contribution in [1.29, 1.82) is 0 Å². The lowest BCUT2D eigenvalue weighted by atomic mass is 9.96. The smallest absolute Gasteiger partial charge is 0.305 e. The van der Waals surface area contributed by atoms with E-state index in [2.05, 4.69) is 9.82 Å². The molecular formula is C13H23N3O4S. The number of aromatic nitrogens is 2. The molecule has 8 heteroatoms. The number of rotatable bonds is 9. The van der Waals surface area contributed by atoms with E-state index in [0.29, 0.717) is 0 Å². The maximum Gasteiger partial charge on any atom is 0.305 e. The third-order valence-corrected chi connectivity index (χ3v) is 5.09. The average Bonchev–Trinajstić information content (AvgIpc) is 2.86. The summed E-state index contributed by atoms with van der Waals surface area (Å²) in [5.41, 5.74) is 0. The van der Waals surface area contributed by atoms with E-state index in [1.165, 1.54) is 17.1 Å². The number of carboxylic acid groups (broad SMARTS) is 1. The summed E-state index contributed by atoms with van der Waals surface area (Å²) >= 11 is 0. The fourth-order valence-corrected chi connectivity index (χ4v) is 3.48. The van der Waals surface area contributed by atoms with Gasteiger partial charge in [-0.3, -0.25) is 9.48 Å². The van der Waals surface area contributed by atoms with Crippen molar-refractivity contribution in [2.45, 2.75) is 57.5 Å². The molecule has 0 radical (unpaired) electrons. The third kappa shape index (κ3) is 5.13. The molecule has 2 N–H and O–H groups in total. The van der Waals surface area contributed by atoms with Gasteiger partial charge in [-0.25, -0.2) is 13.1 Å². The summed E-state index contributed by atoms with van der Waals surface area (Å²) in [6.45, 7) is 6.06. The number of nitrogens with zero attached hydrogens (tertiary/aromatic N) is 2. The van der Waals surface area contributed by atoms with Gasteiger partial charge in [0, 0.05) is 12.2 Å². The van der Waals surface area contributed by atoms with E-state index in [-0.39, 0.29) is 29.8 Å². The zero-order chi connectivity index (χ0) is 16.0. The molecule has 1 aromatic heterocycles. The molecule has 0 fully saturated rings. The van der Waals surface area contributed by atoms with Gasteiger partial charge in [-0.15, -0.1) is 0 Å². The lowest BCUT2D eigenvalue weighted by molar-refractivity contribution is -0.137. The molecule has 1 heterocycles. The number of carboxylic acids is 1. The molecule has 1 rings (SSSR count). The van der Waals surface area contributed by atoms with Crippen molar-refractivity contribution in [2.75, 3.05) is 0 Å². The first-order valence-corrected chi connectivity index (χ1v) is 8.55. The summed E-state index contributed by atoms with van der Waals surface area (Å²) in [4.78, 5) is 10.6. The van der Waals surface area contributed by atoms with Crippen LogP contribution in [-0.4, -0.2) is 35.3 Å². The van der Waals surface area contributed by atoms with Crippen LogP contribution in [0, 0.1) is 5.92 Å². The number of nitrogens with one attached hydrogen (secondary N) is 1. The van der Waals surface area contributed by atoms with Crippen molar-refractivity contribution >= 4 is 16.0 Å². The number of aryl methyl sites for hydroxylation is 1. The number of carbonyl (C=O) groups is 1. The monoisotopic (exact) mass is 317 g/mol. The van der Waals surface area contributed by atoms with Gasteiger partial charge >= 0.3 is 5.97 Å². The van der Waals surface area contributed by atoms with E-state index in [0.717, 1.165) is 12.8 Å². The van der Waals surface area contributed by atoms with Crippen LogP contribution in [0.1, 0.15) is 40.0 Å². The molecule has 120 valence electrons. The minimum Gasteiger partial charge on any atom is -0.481 e. The molecule has 1 aromatic rings. The SMILES string of the molecule is CCC(CC)C(C)NS(=O)(=O)c1cnn(CCC(=O)O)c1. The standard InChI is InChI=1S/C13H23N3O4S/c1-4-11(5-2)10(3)15-21(19,20)12-8-14-16(9-12)7-6-13(17)18/h8-11,15H,4-7H2,1-3H3,(H,17,18). The van der Waals surface area contributed by atoms with Crippen molar-refractivity contribution in [3.8, 4) is 0 Å². The normalized spacial score (nSPS) is 13.5. The molecule has 0 bridgehead atoms. The molecule has 1 atom stereocenters. The first-order valence-electron chi connectivity index (χ1n) is 7.06. The summed E-state index contributed by atoms with van der Waals surface area (Å²) in [6.07, 6.45) is 4.30. The van der Waals surface area contributed by atoms with Crippen LogP contribution in [-0.2, 0) is 21.4 Å². The summed E-state index contributed by atoms with van der Waals surface area (Å²) in [7, 11) is -3.62. The summed E-state index contributed by atoms with van der Waals surface area (Å²) in [5.74, 6) is -0.669. The Labute approximate surface area is 125 Å². The van der Waals surface area contributed by atoms with Gasteiger partial charge in [-0.05, 0) is 12.8 Å². The van der Waals surface area contributed by atoms with Gasteiger partial charge in [0.1, 0.15) is 4.90 Å². The van der Waals surface area contributed by atoms with Gasteiger partial charge in [-0.1, -0.05) is 26.7 Å². The van der Waals surface area contributed by atoms with Crippen molar-refractivity contribution < 1.29 is 18.3 Å². The molecular weight excluding hydrogens is 294 g/mol. The van der Waals surface area contributed by atoms with Crippen LogP contribution in [0.5, 0.6) is 0 Å². The quantitative estimate of drug-likeness (QED) is 0.718. The van der Waals surface area contributed by atoms with Crippen LogP contribution in [0.3, 0.4) is 0 Å². The van der Waals surface area contributed by atoms with E-state index in [1.54, 1.807) is 0 Å². The van der Waals surface area contributed by atoms with Crippen LogP contribution in [0.2, 0.25) is 0 Å². The van der Waals surface area contributed by atoms with Gasteiger partial charge in [0.2, 0.25) is 10.0 Å². The molecule has 21 heavy (non-hydrogen) atoms. The second-order valence-electron chi connectivity index (χ2n) is 5.07. The Hall–Kier alpha value is -1.41. The highest BCUT2D eigenvalue weighted by atomic mass is 32.2. The molecule has 0 aliphatic carbocycles. The molecule has 0 aliphatic rings. The Morgan fingerprint density at radius 1 is 1.43 bits per heavy atom. The minimum absolute atomic E-state index is 0.0608. The third-order valence-electron chi connectivity index (χ3n) is 3.57. The predicted octanol–water partition coefficient (Wildman–Crippen LogP) is 1.46. The average molecular weight is 317 g/mol. The number of hydrogen-bond donors (Lipinski definition) is 2. The maximum absolute atomic E-state index is 12.2. The van der Waals surface area contributed by atoms with Gasteiger partial charge in [0.05, 0.1) is 19.2 Å². The molecule has 0 aliphatic heterocycles. The topological polar surface area (TPSA) is 101 Å². The van der Waals surface area contributed by atoms with Gasteiger partial charge in [0.15, 0.2) is 0 Å². The fraction of sp³-hybridized carbons (Fsp3) is 0.692. The summed E-state index contributed by atoms with van der Waals surface area (Å²) in [6, 6.07) is -0.160. The molecule has 0 saturated carbocycles. The lowest BCUT2D eigenvalue weighted by Crippen LogP contribution is -2.37. The molecule has 0 aromatic carbocycles. The van der Waals surface area contributed by atoms with Crippen molar-refractivity contribution in [3.63, 3.8) is 0 Å². The fourth-order valence-electron chi connectivity index (χ4n) is 2.22. The largest absolute Gasteiger partial charge is 0.481 e. The van der Waals surface area contributed by atoms with Crippen molar-refractivity contribution in [3.05, 3.63) is 12.4 Å². The van der Waals surface area contributed by atoms with Crippen LogP contribution in [0.15, 0.2) is 17.3 Å². The highest BCUT2D eigenvalue weighted by Gasteiger charge is 2.23. The molecule has 0 saturated heterocycles. The molecule has 1 unspecified atom stereocenters. The highest BCUT2D eigenvalue weighted by Crippen LogP contribution is 2.16. The Balaban J connectivity index is 2.76. The van der Waals surface area contributed by atoms with Crippen molar-refractivity contribution in [2.24, 2.45) is 5.92 Å². The zero-order valence-electron chi connectivity index (χ0n) is 12.6. The van der Waals surface area contributed by atoms with E-state index in [9.17, 15) is 13.2 Å². The number of aliphatic carboxylic acids is 1. The Bertz CT molecular complexity index is 564. The van der Waals surface area contributed by atoms with Crippen LogP contribution >= 0.6 is 0 Å². The highest BCUT2D eigenvalue weighted by molar-refractivity contribution is 7.89. The summed E-state index contributed by atoms with van der Waals surface area (Å²) in [5, 5.41) is 12.5. The van der Waals surface area contributed by atoms with E-state index < -0.39 is 16.0 Å². The minimum atomic E-state index is -3.62. The molecule has 0 spiro atoms. The Kier molecular flexibility index (Phi) is 6.35. The zero-order valence-corrected chi connectivity index (χ0v) is 13.4. The lowest BCUT2D eigenvalue weighted by Gasteiger charge is -2.21. The Morgan fingerprint density at radius 2 is 2.05 bits per heavy atom. The first kappa shape index (κ1) is 17.6. The number of hydrogen-bond acceptors (Lipinski definition) is 4. The van der Waals surface area contributed by atoms with Gasteiger partial charge in [-0.2, -0.15) is 5.10 Å². The van der Waals surface area contributed by atoms with Crippen LogP contribution in [0.25, 0.3) is 0 Å². The van der Waals surface area contributed by atoms with E-state index in [1.807, 2.05) is 20.8 Å². The second kappa shape index (κ2) is 7.56.